The van der Waals surface area contributed by atoms with Crippen molar-refractivity contribution in [2.45, 2.75) is 25.2 Å². The highest BCUT2D eigenvalue weighted by Gasteiger charge is 2.44. The predicted octanol–water partition coefficient (Wildman–Crippen LogP) is 2.00. The minimum absolute atomic E-state index is 0.0525. The van der Waals surface area contributed by atoms with Crippen LogP contribution in [0.5, 0.6) is 0 Å². The molecule has 90 valence electrons. The summed E-state index contributed by atoms with van der Waals surface area (Å²) in [5, 5.41) is 9.04. The van der Waals surface area contributed by atoms with Gasteiger partial charge in [0.25, 0.3) is 0 Å². The Morgan fingerprint density at radius 2 is 1.94 bits per heavy atom. The lowest BCUT2D eigenvalue weighted by Crippen LogP contribution is -2.14. The molecule has 0 saturated heterocycles. The van der Waals surface area contributed by atoms with Gasteiger partial charge in [0.05, 0.1) is 17.2 Å². The summed E-state index contributed by atoms with van der Waals surface area (Å²) >= 11 is 0. The standard InChI is InChI=1S/C12H14N2O2S/c1-2-17(15,16)14-11-5-3-10(4-6-11)12(9-13)7-8-12/h3-6,14H,2,7-8H2,1H3. The Morgan fingerprint density at radius 3 is 2.35 bits per heavy atom. The van der Waals surface area contributed by atoms with Gasteiger partial charge in [0.15, 0.2) is 0 Å². The van der Waals surface area contributed by atoms with Crippen molar-refractivity contribution in [2.75, 3.05) is 10.5 Å². The Morgan fingerprint density at radius 1 is 1.35 bits per heavy atom. The summed E-state index contributed by atoms with van der Waals surface area (Å²) in [4.78, 5) is 0. The van der Waals surface area contributed by atoms with Gasteiger partial charge in [0.2, 0.25) is 10.0 Å². The number of hydrogen-bond acceptors (Lipinski definition) is 3. The third-order valence-electron chi connectivity index (χ3n) is 3.05. The molecule has 1 aromatic rings. The van der Waals surface area contributed by atoms with Gasteiger partial charge < -0.3 is 0 Å². The molecule has 5 heteroatoms. The average molecular weight is 250 g/mol. The molecular weight excluding hydrogens is 236 g/mol. The molecule has 4 nitrogen and oxygen atoms in total. The van der Waals surface area contributed by atoms with Crippen molar-refractivity contribution in [1.29, 1.82) is 5.26 Å². The van der Waals surface area contributed by atoms with E-state index in [2.05, 4.69) is 10.8 Å². The zero-order valence-electron chi connectivity index (χ0n) is 9.60. The number of benzene rings is 1. The summed E-state index contributed by atoms with van der Waals surface area (Å²) in [5.74, 6) is 0.0525. The zero-order valence-corrected chi connectivity index (χ0v) is 10.4. The van der Waals surface area contributed by atoms with E-state index < -0.39 is 10.0 Å². The van der Waals surface area contributed by atoms with E-state index in [0.29, 0.717) is 5.69 Å². The van der Waals surface area contributed by atoms with Gasteiger partial charge in [-0.3, -0.25) is 4.72 Å². The monoisotopic (exact) mass is 250 g/mol. The Kier molecular flexibility index (Phi) is 2.84. The number of nitrogens with one attached hydrogen (secondary N) is 1. The van der Waals surface area contributed by atoms with Crippen LogP contribution in [0, 0.1) is 11.3 Å². The Hall–Kier alpha value is -1.54. The van der Waals surface area contributed by atoms with Gasteiger partial charge in [-0.1, -0.05) is 12.1 Å². The fourth-order valence-electron chi connectivity index (χ4n) is 1.70. The number of sulfonamides is 1. The zero-order chi connectivity index (χ0) is 12.5. The van der Waals surface area contributed by atoms with Crippen LogP contribution in [0.2, 0.25) is 0 Å². The average Bonchev–Trinajstić information content (AvgIpc) is 3.10. The molecule has 1 N–H and O–H groups in total. The molecule has 0 unspecified atom stereocenters. The van der Waals surface area contributed by atoms with Crippen molar-refractivity contribution in [1.82, 2.24) is 0 Å². The second kappa shape index (κ2) is 4.04. The maximum absolute atomic E-state index is 11.4. The van der Waals surface area contributed by atoms with E-state index in [1.807, 2.05) is 12.1 Å². The summed E-state index contributed by atoms with van der Waals surface area (Å²) in [5.41, 5.74) is 1.20. The number of nitrogens with zero attached hydrogens (tertiary/aromatic N) is 1. The van der Waals surface area contributed by atoms with Gasteiger partial charge in [0, 0.05) is 5.69 Å². The molecule has 0 radical (unpaired) electrons. The number of anilines is 1. The molecule has 0 aliphatic heterocycles. The van der Waals surface area contributed by atoms with Crippen LogP contribution >= 0.6 is 0 Å². The molecule has 0 amide bonds. The molecule has 0 heterocycles. The van der Waals surface area contributed by atoms with E-state index in [0.717, 1.165) is 18.4 Å². The largest absolute Gasteiger partial charge is 0.284 e. The molecule has 0 aromatic heterocycles. The minimum Gasteiger partial charge on any atom is -0.284 e. The maximum Gasteiger partial charge on any atom is 0.232 e. The topological polar surface area (TPSA) is 70.0 Å². The van der Waals surface area contributed by atoms with Crippen molar-refractivity contribution in [3.8, 4) is 6.07 Å². The fraction of sp³-hybridized carbons (Fsp3) is 0.417. The van der Waals surface area contributed by atoms with E-state index in [1.54, 1.807) is 19.1 Å². The molecule has 1 aliphatic rings. The molecule has 0 atom stereocenters. The van der Waals surface area contributed by atoms with Crippen LogP contribution in [0.3, 0.4) is 0 Å². The molecule has 0 bridgehead atoms. The van der Waals surface area contributed by atoms with E-state index in [4.69, 9.17) is 5.26 Å². The van der Waals surface area contributed by atoms with Crippen LogP contribution in [-0.2, 0) is 15.4 Å². The summed E-state index contributed by atoms with van der Waals surface area (Å²) in [6.45, 7) is 1.59. The first-order chi connectivity index (χ1) is 8.01. The van der Waals surface area contributed by atoms with E-state index in [1.165, 1.54) is 0 Å². The first-order valence-electron chi connectivity index (χ1n) is 5.54. The van der Waals surface area contributed by atoms with Gasteiger partial charge in [0.1, 0.15) is 0 Å². The molecule has 1 aromatic carbocycles. The molecule has 1 aliphatic carbocycles. The van der Waals surface area contributed by atoms with Crippen LogP contribution in [0.1, 0.15) is 25.3 Å². The van der Waals surface area contributed by atoms with Crippen molar-refractivity contribution in [3.05, 3.63) is 29.8 Å². The summed E-state index contributed by atoms with van der Waals surface area (Å²) in [6.07, 6.45) is 1.78. The fourth-order valence-corrected chi connectivity index (χ4v) is 2.34. The van der Waals surface area contributed by atoms with Crippen molar-refractivity contribution >= 4 is 15.7 Å². The van der Waals surface area contributed by atoms with Crippen LogP contribution < -0.4 is 4.72 Å². The third kappa shape index (κ3) is 2.42. The van der Waals surface area contributed by atoms with Gasteiger partial charge in [-0.05, 0) is 37.5 Å². The molecule has 1 saturated carbocycles. The van der Waals surface area contributed by atoms with Crippen LogP contribution in [-0.4, -0.2) is 14.2 Å². The first-order valence-corrected chi connectivity index (χ1v) is 7.19. The molecule has 2 rings (SSSR count). The molecule has 1 fully saturated rings. The lowest BCUT2D eigenvalue weighted by atomic mass is 9.98. The third-order valence-corrected chi connectivity index (χ3v) is 4.36. The second-order valence-corrected chi connectivity index (χ2v) is 6.29. The summed E-state index contributed by atoms with van der Waals surface area (Å²) in [6, 6.07) is 9.37. The lowest BCUT2D eigenvalue weighted by Gasteiger charge is -2.09. The predicted molar refractivity (Wildman–Crippen MR) is 66.1 cm³/mol. The highest BCUT2D eigenvalue weighted by molar-refractivity contribution is 7.92. The Labute approximate surface area is 101 Å². The molecular formula is C12H14N2O2S. The van der Waals surface area contributed by atoms with Gasteiger partial charge >= 0.3 is 0 Å². The quantitative estimate of drug-likeness (QED) is 0.888. The maximum atomic E-state index is 11.4. The number of hydrogen-bond donors (Lipinski definition) is 1. The van der Waals surface area contributed by atoms with Crippen molar-refractivity contribution < 1.29 is 8.42 Å². The van der Waals surface area contributed by atoms with E-state index in [-0.39, 0.29) is 11.2 Å². The van der Waals surface area contributed by atoms with Crippen molar-refractivity contribution in [2.24, 2.45) is 0 Å². The van der Waals surface area contributed by atoms with Crippen LogP contribution in [0.4, 0.5) is 5.69 Å². The smallest absolute Gasteiger partial charge is 0.232 e. The second-order valence-electron chi connectivity index (χ2n) is 4.28. The van der Waals surface area contributed by atoms with E-state index in [9.17, 15) is 8.42 Å². The highest BCUT2D eigenvalue weighted by atomic mass is 32.2. The SMILES string of the molecule is CCS(=O)(=O)Nc1ccc(C2(C#N)CC2)cc1. The summed E-state index contributed by atoms with van der Waals surface area (Å²) in [7, 11) is -3.23. The minimum atomic E-state index is -3.23. The number of rotatable bonds is 4. The van der Waals surface area contributed by atoms with Gasteiger partial charge in [-0.2, -0.15) is 5.26 Å². The van der Waals surface area contributed by atoms with Gasteiger partial charge in [-0.15, -0.1) is 0 Å². The Bertz CT molecular complexity index is 551. The number of nitriles is 1. The molecule has 0 spiro atoms. The lowest BCUT2D eigenvalue weighted by molar-refractivity contribution is 0.602. The Balaban J connectivity index is 2.18. The van der Waals surface area contributed by atoms with Crippen molar-refractivity contribution in [3.63, 3.8) is 0 Å². The normalized spacial score (nSPS) is 17.2. The van der Waals surface area contributed by atoms with Crippen LogP contribution in [0.25, 0.3) is 0 Å². The van der Waals surface area contributed by atoms with Crippen LogP contribution in [0.15, 0.2) is 24.3 Å². The van der Waals surface area contributed by atoms with Gasteiger partial charge in [-0.25, -0.2) is 8.42 Å². The first kappa shape index (κ1) is 11.9. The summed E-state index contributed by atoms with van der Waals surface area (Å²) < 4.78 is 25.2. The molecule has 17 heavy (non-hydrogen) atoms. The van der Waals surface area contributed by atoms with E-state index >= 15 is 0 Å². The highest BCUT2D eigenvalue weighted by Crippen LogP contribution is 2.47.